The fraction of sp³-hybridized carbons (Fsp3) is 0.222. The van der Waals surface area contributed by atoms with Crippen LogP contribution in [0.4, 0.5) is 10.5 Å². The highest BCUT2D eigenvalue weighted by atomic mass is 35.5. The molecule has 2 aromatic rings. The van der Waals surface area contributed by atoms with Crippen LogP contribution in [0.3, 0.4) is 0 Å². The number of rotatable bonds is 6. The summed E-state index contributed by atoms with van der Waals surface area (Å²) in [6, 6.07) is 14.1. The first kappa shape index (κ1) is 19.1. The molecule has 0 saturated carbocycles. The molecule has 25 heavy (non-hydrogen) atoms. The van der Waals surface area contributed by atoms with E-state index < -0.39 is 6.03 Å². The van der Waals surface area contributed by atoms with Gasteiger partial charge in [0.05, 0.1) is 21.8 Å². The van der Waals surface area contributed by atoms with Crippen molar-refractivity contribution in [1.82, 2.24) is 10.6 Å². The molecule has 2 rings (SSSR count). The zero-order chi connectivity index (χ0) is 18.2. The molecule has 132 valence electrons. The van der Waals surface area contributed by atoms with Crippen LogP contribution in [-0.2, 0) is 4.79 Å². The molecule has 0 bridgehead atoms. The summed E-state index contributed by atoms with van der Waals surface area (Å²) >= 11 is 11.9. The number of halogens is 2. The Balaban J connectivity index is 1.73. The van der Waals surface area contributed by atoms with Crippen LogP contribution in [0, 0.1) is 0 Å². The van der Waals surface area contributed by atoms with Crippen LogP contribution in [0.1, 0.15) is 24.9 Å². The van der Waals surface area contributed by atoms with E-state index in [0.29, 0.717) is 10.7 Å². The second-order valence-electron chi connectivity index (χ2n) is 5.43. The summed E-state index contributed by atoms with van der Waals surface area (Å²) in [5, 5.41) is 8.72. The van der Waals surface area contributed by atoms with Crippen molar-refractivity contribution in [3.63, 3.8) is 0 Å². The first-order chi connectivity index (χ1) is 12.0. The van der Waals surface area contributed by atoms with E-state index in [4.69, 9.17) is 23.2 Å². The van der Waals surface area contributed by atoms with Gasteiger partial charge in [0.25, 0.3) is 0 Å². The topological polar surface area (TPSA) is 70.2 Å². The van der Waals surface area contributed by atoms with Crippen molar-refractivity contribution >= 4 is 40.8 Å². The van der Waals surface area contributed by atoms with Gasteiger partial charge in [-0.1, -0.05) is 59.6 Å². The number of carbonyl (C=O) groups excluding carboxylic acids is 2. The van der Waals surface area contributed by atoms with Gasteiger partial charge >= 0.3 is 6.03 Å². The van der Waals surface area contributed by atoms with Crippen molar-refractivity contribution in [2.45, 2.75) is 19.4 Å². The third kappa shape index (κ3) is 5.96. The van der Waals surface area contributed by atoms with Crippen molar-refractivity contribution in [3.8, 4) is 0 Å². The number of amides is 3. The van der Waals surface area contributed by atoms with Crippen LogP contribution >= 0.6 is 23.2 Å². The molecule has 0 aliphatic rings. The van der Waals surface area contributed by atoms with Crippen molar-refractivity contribution in [2.75, 3.05) is 11.9 Å². The fourth-order valence-corrected chi connectivity index (χ4v) is 2.54. The fourth-order valence-electron chi connectivity index (χ4n) is 2.20. The van der Waals surface area contributed by atoms with Gasteiger partial charge in [-0.3, -0.25) is 4.79 Å². The lowest BCUT2D eigenvalue weighted by atomic mass is 10.1. The van der Waals surface area contributed by atoms with Gasteiger partial charge in [-0.05, 0) is 24.6 Å². The summed E-state index contributed by atoms with van der Waals surface area (Å²) in [5.41, 5.74) is 1.44. The van der Waals surface area contributed by atoms with Gasteiger partial charge < -0.3 is 16.0 Å². The quantitative estimate of drug-likeness (QED) is 0.696. The van der Waals surface area contributed by atoms with Crippen molar-refractivity contribution in [3.05, 3.63) is 64.1 Å². The number of nitrogens with one attached hydrogen (secondary N) is 3. The van der Waals surface area contributed by atoms with Crippen LogP contribution in [-0.4, -0.2) is 18.5 Å². The van der Waals surface area contributed by atoms with E-state index >= 15 is 0 Å². The molecule has 0 radical (unpaired) electrons. The van der Waals surface area contributed by atoms with Gasteiger partial charge in [-0.2, -0.15) is 0 Å². The third-order valence-electron chi connectivity index (χ3n) is 3.51. The van der Waals surface area contributed by atoms with Gasteiger partial charge in [0.15, 0.2) is 0 Å². The first-order valence-electron chi connectivity index (χ1n) is 7.80. The molecular weight excluding hydrogens is 361 g/mol. The zero-order valence-corrected chi connectivity index (χ0v) is 15.2. The van der Waals surface area contributed by atoms with Gasteiger partial charge in [0, 0.05) is 13.0 Å². The lowest BCUT2D eigenvalue weighted by Gasteiger charge is -2.14. The molecule has 7 heteroatoms. The smallest absolute Gasteiger partial charge is 0.319 e. The number of benzene rings is 2. The lowest BCUT2D eigenvalue weighted by Crippen LogP contribution is -2.34. The van der Waals surface area contributed by atoms with E-state index in [-0.39, 0.29) is 29.9 Å². The highest BCUT2D eigenvalue weighted by Crippen LogP contribution is 2.29. The first-order valence-corrected chi connectivity index (χ1v) is 8.56. The molecule has 3 N–H and O–H groups in total. The normalized spacial score (nSPS) is 11.5. The van der Waals surface area contributed by atoms with Gasteiger partial charge in [-0.25, -0.2) is 4.79 Å². The van der Waals surface area contributed by atoms with Crippen molar-refractivity contribution in [2.24, 2.45) is 0 Å². The molecule has 5 nitrogen and oxygen atoms in total. The lowest BCUT2D eigenvalue weighted by molar-refractivity contribution is -0.121. The minimum absolute atomic E-state index is 0.0900. The Kier molecular flexibility index (Phi) is 7.10. The standard InChI is InChI=1S/C18H19Cl2N3O2/c1-12(13-6-3-2-4-7-13)22-16(24)10-11-21-18(25)23-15-9-5-8-14(19)17(15)20/h2-9,12H,10-11H2,1H3,(H,22,24)(H2,21,23,25). The van der Waals surface area contributed by atoms with Crippen molar-refractivity contribution in [1.29, 1.82) is 0 Å². The summed E-state index contributed by atoms with van der Waals surface area (Å²) in [7, 11) is 0. The minimum Gasteiger partial charge on any atom is -0.350 e. The van der Waals surface area contributed by atoms with Crippen LogP contribution in [0.5, 0.6) is 0 Å². The third-order valence-corrected chi connectivity index (χ3v) is 4.33. The zero-order valence-electron chi connectivity index (χ0n) is 13.7. The van der Waals surface area contributed by atoms with E-state index in [0.717, 1.165) is 5.56 Å². The van der Waals surface area contributed by atoms with Gasteiger partial charge in [0.2, 0.25) is 5.91 Å². The number of hydrogen-bond donors (Lipinski definition) is 3. The van der Waals surface area contributed by atoms with Crippen LogP contribution in [0.15, 0.2) is 48.5 Å². The van der Waals surface area contributed by atoms with Crippen LogP contribution in [0.2, 0.25) is 10.0 Å². The summed E-state index contributed by atoms with van der Waals surface area (Å²) < 4.78 is 0. The molecule has 1 atom stereocenters. The highest BCUT2D eigenvalue weighted by Gasteiger charge is 2.11. The van der Waals surface area contributed by atoms with E-state index in [1.54, 1.807) is 18.2 Å². The number of urea groups is 1. The molecule has 0 heterocycles. The molecule has 3 amide bonds. The van der Waals surface area contributed by atoms with Crippen LogP contribution < -0.4 is 16.0 Å². The summed E-state index contributed by atoms with van der Waals surface area (Å²) in [5.74, 6) is -0.141. The highest BCUT2D eigenvalue weighted by molar-refractivity contribution is 6.43. The Morgan fingerprint density at radius 2 is 1.76 bits per heavy atom. The second kappa shape index (κ2) is 9.30. The average molecular weight is 380 g/mol. The van der Waals surface area contributed by atoms with Gasteiger partial charge in [0.1, 0.15) is 0 Å². The van der Waals surface area contributed by atoms with E-state index in [9.17, 15) is 9.59 Å². The Bertz CT molecular complexity index is 738. The van der Waals surface area contributed by atoms with E-state index in [2.05, 4.69) is 16.0 Å². The molecule has 1 unspecified atom stereocenters. The minimum atomic E-state index is -0.451. The maximum absolute atomic E-state index is 11.9. The number of anilines is 1. The van der Waals surface area contributed by atoms with Crippen molar-refractivity contribution < 1.29 is 9.59 Å². The molecule has 0 spiro atoms. The number of carbonyl (C=O) groups is 2. The van der Waals surface area contributed by atoms with E-state index in [1.807, 2.05) is 37.3 Å². The number of hydrogen-bond acceptors (Lipinski definition) is 2. The largest absolute Gasteiger partial charge is 0.350 e. The Hall–Kier alpha value is -2.24. The Labute approximate surface area is 156 Å². The molecule has 0 aliphatic heterocycles. The molecule has 0 saturated heterocycles. The predicted octanol–water partition coefficient (Wildman–Crippen LogP) is 4.38. The summed E-state index contributed by atoms with van der Waals surface area (Å²) in [4.78, 5) is 23.8. The summed E-state index contributed by atoms with van der Waals surface area (Å²) in [6.07, 6.45) is 0.174. The molecule has 2 aromatic carbocycles. The SMILES string of the molecule is CC(NC(=O)CCNC(=O)Nc1cccc(Cl)c1Cl)c1ccccc1. The maximum atomic E-state index is 11.9. The Morgan fingerprint density at radius 1 is 1.04 bits per heavy atom. The Morgan fingerprint density at radius 3 is 2.48 bits per heavy atom. The monoisotopic (exact) mass is 379 g/mol. The molecule has 0 aromatic heterocycles. The molecule has 0 fully saturated rings. The summed E-state index contributed by atoms with van der Waals surface area (Å²) in [6.45, 7) is 2.12. The van der Waals surface area contributed by atoms with Gasteiger partial charge in [-0.15, -0.1) is 0 Å². The molecular formula is C18H19Cl2N3O2. The predicted molar refractivity (Wildman–Crippen MR) is 101 cm³/mol. The van der Waals surface area contributed by atoms with E-state index in [1.165, 1.54) is 0 Å². The van der Waals surface area contributed by atoms with Crippen LogP contribution in [0.25, 0.3) is 0 Å². The average Bonchev–Trinajstić information content (AvgIpc) is 2.59. The molecule has 0 aliphatic carbocycles. The second-order valence-corrected chi connectivity index (χ2v) is 6.22. The maximum Gasteiger partial charge on any atom is 0.319 e.